The summed E-state index contributed by atoms with van der Waals surface area (Å²) in [6.45, 7) is 1.31. The molecule has 7 nitrogen and oxygen atoms in total. The molecule has 0 fully saturated rings. The molecular formula is C18H18N4O3S. The van der Waals surface area contributed by atoms with E-state index in [1.54, 1.807) is 6.92 Å². The molecule has 0 saturated carbocycles. The second-order valence-electron chi connectivity index (χ2n) is 6.05. The number of nitrogens with one attached hydrogen (secondary N) is 1. The average molecular weight is 370 g/mol. The summed E-state index contributed by atoms with van der Waals surface area (Å²) in [4.78, 5) is 33.0. The van der Waals surface area contributed by atoms with Gasteiger partial charge in [0.15, 0.2) is 12.3 Å². The lowest BCUT2D eigenvalue weighted by molar-refractivity contribution is -0.119. The highest BCUT2D eigenvalue weighted by molar-refractivity contribution is 7.16. The van der Waals surface area contributed by atoms with E-state index < -0.39 is 18.5 Å². The number of nitriles is 1. The smallest absolute Gasteiger partial charge is 0.359 e. The van der Waals surface area contributed by atoms with Gasteiger partial charge in [0.2, 0.25) is 0 Å². The van der Waals surface area contributed by atoms with E-state index in [0.29, 0.717) is 16.3 Å². The maximum atomic E-state index is 12.1. The van der Waals surface area contributed by atoms with Gasteiger partial charge in [-0.1, -0.05) is 6.42 Å². The molecule has 1 aliphatic rings. The molecule has 0 radical (unpaired) electrons. The Labute approximate surface area is 155 Å². The summed E-state index contributed by atoms with van der Waals surface area (Å²) >= 11 is 1.44. The number of thiophene rings is 1. The predicted molar refractivity (Wildman–Crippen MR) is 96.0 cm³/mol. The average Bonchev–Trinajstić information content (AvgIpc) is 2.79. The van der Waals surface area contributed by atoms with Crippen LogP contribution in [0.1, 0.15) is 51.4 Å². The summed E-state index contributed by atoms with van der Waals surface area (Å²) in [7, 11) is 0. The first-order valence-corrected chi connectivity index (χ1v) is 9.20. The maximum Gasteiger partial charge on any atom is 0.359 e. The third-order valence-electron chi connectivity index (χ3n) is 4.11. The van der Waals surface area contributed by atoms with Gasteiger partial charge in [-0.25, -0.2) is 9.78 Å². The fourth-order valence-corrected chi connectivity index (χ4v) is 4.07. The largest absolute Gasteiger partial charge is 0.451 e. The third-order valence-corrected chi connectivity index (χ3v) is 5.32. The van der Waals surface area contributed by atoms with Crippen LogP contribution in [-0.2, 0) is 22.4 Å². The lowest BCUT2D eigenvalue weighted by Crippen LogP contribution is -2.21. The molecule has 0 saturated heterocycles. The number of carbonyl (C=O) groups excluding carboxylic acids is 2. The van der Waals surface area contributed by atoms with Gasteiger partial charge in [-0.3, -0.25) is 9.78 Å². The Morgan fingerprint density at radius 2 is 2.08 bits per heavy atom. The zero-order chi connectivity index (χ0) is 18.5. The first-order valence-electron chi connectivity index (χ1n) is 8.38. The van der Waals surface area contributed by atoms with Crippen molar-refractivity contribution in [1.82, 2.24) is 9.97 Å². The summed E-state index contributed by atoms with van der Waals surface area (Å²) in [5, 5.41) is 12.7. The number of esters is 1. The Balaban J connectivity index is 1.62. The molecule has 0 unspecified atom stereocenters. The Morgan fingerprint density at radius 3 is 2.81 bits per heavy atom. The second-order valence-corrected chi connectivity index (χ2v) is 7.15. The van der Waals surface area contributed by atoms with E-state index in [1.165, 1.54) is 28.6 Å². The molecular weight excluding hydrogens is 352 g/mol. The molecule has 2 aromatic heterocycles. The summed E-state index contributed by atoms with van der Waals surface area (Å²) in [5.74, 6) is -1.19. The van der Waals surface area contributed by atoms with Gasteiger partial charge in [0.05, 0.1) is 17.5 Å². The molecule has 1 amide bonds. The molecule has 0 bridgehead atoms. The molecule has 2 aromatic rings. The van der Waals surface area contributed by atoms with Gasteiger partial charge >= 0.3 is 5.97 Å². The van der Waals surface area contributed by atoms with Crippen LogP contribution in [0.3, 0.4) is 0 Å². The molecule has 0 aromatic carbocycles. The monoisotopic (exact) mass is 370 g/mol. The van der Waals surface area contributed by atoms with Crippen molar-refractivity contribution in [3.8, 4) is 6.07 Å². The Morgan fingerprint density at radius 1 is 1.27 bits per heavy atom. The Hall–Kier alpha value is -2.79. The van der Waals surface area contributed by atoms with Gasteiger partial charge in [-0.15, -0.1) is 11.3 Å². The minimum Gasteiger partial charge on any atom is -0.451 e. The Bertz CT molecular complexity index is 868. The van der Waals surface area contributed by atoms with E-state index >= 15 is 0 Å². The fourth-order valence-electron chi connectivity index (χ4n) is 2.81. The molecule has 0 atom stereocenters. The summed E-state index contributed by atoms with van der Waals surface area (Å²) in [6, 6.07) is 2.20. The van der Waals surface area contributed by atoms with Gasteiger partial charge < -0.3 is 10.1 Å². The number of aryl methyl sites for hydroxylation is 2. The van der Waals surface area contributed by atoms with Gasteiger partial charge in [0, 0.05) is 11.1 Å². The first kappa shape index (κ1) is 18.0. The summed E-state index contributed by atoms with van der Waals surface area (Å²) in [5.41, 5.74) is 2.32. The third kappa shape index (κ3) is 4.06. The standard InChI is InChI=1S/C18H18N4O3S/c1-11-8-21-14(9-20-11)18(24)25-10-16(23)22-17-13(7-19)12-5-3-2-4-6-15(12)26-17/h8-9H,2-6,10H2,1H3,(H,22,23). The van der Waals surface area contributed by atoms with Crippen molar-refractivity contribution in [2.75, 3.05) is 11.9 Å². The predicted octanol–water partition coefficient (Wildman–Crippen LogP) is 2.78. The van der Waals surface area contributed by atoms with Crippen LogP contribution in [0.5, 0.6) is 0 Å². The van der Waals surface area contributed by atoms with E-state index in [0.717, 1.165) is 37.7 Å². The number of nitrogens with zero attached hydrogens (tertiary/aromatic N) is 3. The molecule has 8 heteroatoms. The first-order chi connectivity index (χ1) is 12.6. The lowest BCUT2D eigenvalue weighted by Gasteiger charge is -2.05. The highest BCUT2D eigenvalue weighted by Crippen LogP contribution is 2.36. The number of fused-ring (bicyclic) bond motifs is 1. The molecule has 2 heterocycles. The van der Waals surface area contributed by atoms with Crippen LogP contribution in [0.4, 0.5) is 5.00 Å². The summed E-state index contributed by atoms with van der Waals surface area (Å²) in [6.07, 6.45) is 7.87. The highest BCUT2D eigenvalue weighted by atomic mass is 32.1. The minimum atomic E-state index is -0.713. The molecule has 0 spiro atoms. The normalized spacial score (nSPS) is 13.2. The van der Waals surface area contributed by atoms with Crippen molar-refractivity contribution in [3.05, 3.63) is 39.8 Å². The van der Waals surface area contributed by atoms with Crippen molar-refractivity contribution < 1.29 is 14.3 Å². The molecule has 3 rings (SSSR count). The number of anilines is 1. The number of carbonyl (C=O) groups is 2. The quantitative estimate of drug-likeness (QED) is 0.655. The van der Waals surface area contributed by atoms with Crippen LogP contribution in [0.15, 0.2) is 12.4 Å². The molecule has 134 valence electrons. The number of hydrogen-bond acceptors (Lipinski definition) is 7. The van der Waals surface area contributed by atoms with Crippen LogP contribution in [0.25, 0.3) is 0 Å². The van der Waals surface area contributed by atoms with Crippen molar-refractivity contribution in [3.63, 3.8) is 0 Å². The molecule has 1 aliphatic carbocycles. The van der Waals surface area contributed by atoms with Gasteiger partial charge in [0.1, 0.15) is 11.1 Å². The SMILES string of the molecule is Cc1cnc(C(=O)OCC(=O)Nc2sc3c(c2C#N)CCCCC3)cn1. The minimum absolute atomic E-state index is 0.0453. The number of hydrogen-bond donors (Lipinski definition) is 1. The fraction of sp³-hybridized carbons (Fsp3) is 0.389. The van der Waals surface area contributed by atoms with E-state index in [9.17, 15) is 14.9 Å². The molecule has 1 N–H and O–H groups in total. The van der Waals surface area contributed by atoms with Crippen LogP contribution >= 0.6 is 11.3 Å². The molecule has 26 heavy (non-hydrogen) atoms. The van der Waals surface area contributed by atoms with Crippen molar-refractivity contribution in [1.29, 1.82) is 5.26 Å². The highest BCUT2D eigenvalue weighted by Gasteiger charge is 2.21. The van der Waals surface area contributed by atoms with Crippen molar-refractivity contribution >= 4 is 28.2 Å². The number of aromatic nitrogens is 2. The van der Waals surface area contributed by atoms with E-state index in [1.807, 2.05) is 0 Å². The second kappa shape index (κ2) is 8.06. The van der Waals surface area contributed by atoms with Crippen LogP contribution in [0.2, 0.25) is 0 Å². The van der Waals surface area contributed by atoms with Crippen LogP contribution < -0.4 is 5.32 Å². The zero-order valence-corrected chi connectivity index (χ0v) is 15.2. The van der Waals surface area contributed by atoms with Crippen molar-refractivity contribution in [2.45, 2.75) is 39.0 Å². The molecule has 0 aliphatic heterocycles. The van der Waals surface area contributed by atoms with E-state index in [4.69, 9.17) is 4.74 Å². The maximum absolute atomic E-state index is 12.1. The zero-order valence-electron chi connectivity index (χ0n) is 14.4. The van der Waals surface area contributed by atoms with Gasteiger partial charge in [0.25, 0.3) is 5.91 Å². The Kier molecular flexibility index (Phi) is 5.58. The van der Waals surface area contributed by atoms with E-state index in [2.05, 4.69) is 21.4 Å². The van der Waals surface area contributed by atoms with E-state index in [-0.39, 0.29) is 5.69 Å². The number of amides is 1. The van der Waals surface area contributed by atoms with Gasteiger partial charge in [-0.2, -0.15) is 5.26 Å². The number of rotatable bonds is 4. The number of ether oxygens (including phenoxy) is 1. The van der Waals surface area contributed by atoms with Crippen LogP contribution in [0, 0.1) is 18.3 Å². The topological polar surface area (TPSA) is 105 Å². The van der Waals surface area contributed by atoms with Crippen molar-refractivity contribution in [2.24, 2.45) is 0 Å². The van der Waals surface area contributed by atoms with Crippen LogP contribution in [-0.4, -0.2) is 28.5 Å². The van der Waals surface area contributed by atoms with Gasteiger partial charge in [-0.05, 0) is 38.2 Å². The summed E-state index contributed by atoms with van der Waals surface area (Å²) < 4.78 is 4.97. The lowest BCUT2D eigenvalue weighted by atomic mass is 10.1.